The Hall–Kier alpha value is -3.91. The molecular weight excluding hydrogens is 459 g/mol. The van der Waals surface area contributed by atoms with Gasteiger partial charge in [0, 0.05) is 16.3 Å². The van der Waals surface area contributed by atoms with Gasteiger partial charge >= 0.3 is 0 Å². The van der Waals surface area contributed by atoms with Gasteiger partial charge in [-0.25, -0.2) is 0 Å². The van der Waals surface area contributed by atoms with Gasteiger partial charge < -0.3 is 5.32 Å². The molecule has 3 nitrogen and oxygen atoms in total. The maximum atomic E-state index is 15.0. The summed E-state index contributed by atoms with van der Waals surface area (Å²) in [6, 6.07) is 49.8. The molecule has 5 rings (SSSR count). The maximum absolute atomic E-state index is 15.0. The predicted octanol–water partition coefficient (Wildman–Crippen LogP) is 7.10. The van der Waals surface area contributed by atoms with Gasteiger partial charge in [-0.1, -0.05) is 115 Å². The lowest BCUT2D eigenvalue weighted by Gasteiger charge is -2.34. The molecule has 5 aromatic carbocycles. The standard InChI is InChI=1S/C32H29N2OP/c35-36(29-22-12-4-13-23-29,30-24-14-5-15-25-30)34-32(27-18-8-2-9-19-27)31(26-16-6-1-7-17-26)33-28-20-10-3-11-21-28/h1-25,31-33H,(H,34,35). The minimum absolute atomic E-state index is 0.184. The molecule has 2 unspecified atom stereocenters. The van der Waals surface area contributed by atoms with Crippen molar-refractivity contribution in [2.24, 2.45) is 0 Å². The van der Waals surface area contributed by atoms with Crippen molar-refractivity contribution in [2.75, 3.05) is 5.32 Å². The molecule has 0 bridgehead atoms. The van der Waals surface area contributed by atoms with Gasteiger partial charge in [-0.15, -0.1) is 0 Å². The molecule has 4 heteroatoms. The molecule has 0 aliphatic carbocycles. The van der Waals surface area contributed by atoms with E-state index in [0.29, 0.717) is 0 Å². The predicted molar refractivity (Wildman–Crippen MR) is 151 cm³/mol. The van der Waals surface area contributed by atoms with Crippen molar-refractivity contribution in [1.82, 2.24) is 5.09 Å². The van der Waals surface area contributed by atoms with Crippen molar-refractivity contribution in [1.29, 1.82) is 0 Å². The molecular formula is C32H29N2OP. The van der Waals surface area contributed by atoms with E-state index in [4.69, 9.17) is 0 Å². The molecule has 178 valence electrons. The summed E-state index contributed by atoms with van der Waals surface area (Å²) in [5.41, 5.74) is 3.17. The van der Waals surface area contributed by atoms with E-state index in [1.165, 1.54) is 0 Å². The number of para-hydroxylation sites is 1. The summed E-state index contributed by atoms with van der Waals surface area (Å²) in [6.45, 7) is 0. The summed E-state index contributed by atoms with van der Waals surface area (Å²) in [5, 5.41) is 8.99. The van der Waals surface area contributed by atoms with Crippen molar-refractivity contribution in [3.05, 3.63) is 163 Å². The van der Waals surface area contributed by atoms with Crippen LogP contribution in [0.15, 0.2) is 152 Å². The smallest absolute Gasteiger partial charge is 0.205 e. The third-order valence-electron chi connectivity index (χ3n) is 6.31. The molecule has 0 saturated carbocycles. The van der Waals surface area contributed by atoms with Crippen LogP contribution in [-0.2, 0) is 4.57 Å². The van der Waals surface area contributed by atoms with Gasteiger partial charge in [-0.05, 0) is 47.5 Å². The second-order valence-corrected chi connectivity index (χ2v) is 11.2. The van der Waals surface area contributed by atoms with Gasteiger partial charge in [0.15, 0.2) is 0 Å². The largest absolute Gasteiger partial charge is 0.376 e. The van der Waals surface area contributed by atoms with Crippen LogP contribution in [0.5, 0.6) is 0 Å². The van der Waals surface area contributed by atoms with Crippen molar-refractivity contribution < 1.29 is 4.57 Å². The number of rotatable bonds is 9. The first-order valence-electron chi connectivity index (χ1n) is 12.1. The van der Waals surface area contributed by atoms with Crippen molar-refractivity contribution in [2.45, 2.75) is 12.1 Å². The molecule has 0 fully saturated rings. The molecule has 2 atom stereocenters. The molecule has 0 aromatic heterocycles. The van der Waals surface area contributed by atoms with Crippen LogP contribution in [0.25, 0.3) is 0 Å². The highest BCUT2D eigenvalue weighted by atomic mass is 31.2. The van der Waals surface area contributed by atoms with Crippen LogP contribution in [0.4, 0.5) is 5.69 Å². The van der Waals surface area contributed by atoms with E-state index >= 15 is 4.57 Å². The summed E-state index contributed by atoms with van der Waals surface area (Å²) in [7, 11) is -3.21. The minimum Gasteiger partial charge on any atom is -0.376 e. The Labute approximate surface area is 213 Å². The SMILES string of the molecule is O=P(NC(c1ccccc1)C(Nc1ccccc1)c1ccccc1)(c1ccccc1)c1ccccc1. The summed E-state index contributed by atoms with van der Waals surface area (Å²) >= 11 is 0. The van der Waals surface area contributed by atoms with E-state index in [1.807, 2.05) is 115 Å². The van der Waals surface area contributed by atoms with E-state index in [1.54, 1.807) is 0 Å². The van der Waals surface area contributed by atoms with Gasteiger partial charge in [0.25, 0.3) is 0 Å². The Morgan fingerprint density at radius 3 is 1.25 bits per heavy atom. The fourth-order valence-electron chi connectivity index (χ4n) is 4.51. The lowest BCUT2D eigenvalue weighted by Crippen LogP contribution is -2.35. The maximum Gasteiger partial charge on any atom is 0.205 e. The van der Waals surface area contributed by atoms with E-state index in [0.717, 1.165) is 27.4 Å². The summed E-state index contributed by atoms with van der Waals surface area (Å²) in [6.07, 6.45) is 0. The molecule has 5 aromatic rings. The lowest BCUT2D eigenvalue weighted by molar-refractivity contribution is 0.529. The highest BCUT2D eigenvalue weighted by Gasteiger charge is 2.35. The highest BCUT2D eigenvalue weighted by molar-refractivity contribution is 7.76. The van der Waals surface area contributed by atoms with Crippen LogP contribution in [0.2, 0.25) is 0 Å². The van der Waals surface area contributed by atoms with Crippen molar-refractivity contribution in [3.8, 4) is 0 Å². The van der Waals surface area contributed by atoms with E-state index in [9.17, 15) is 0 Å². The monoisotopic (exact) mass is 488 g/mol. The normalized spacial score (nSPS) is 13.0. The van der Waals surface area contributed by atoms with E-state index in [2.05, 4.69) is 46.8 Å². The van der Waals surface area contributed by atoms with Crippen LogP contribution in [-0.4, -0.2) is 0 Å². The van der Waals surface area contributed by atoms with Gasteiger partial charge in [0.05, 0.1) is 12.1 Å². The fourth-order valence-corrected chi connectivity index (χ4v) is 6.98. The number of hydrogen-bond donors (Lipinski definition) is 2. The second-order valence-electron chi connectivity index (χ2n) is 8.70. The first-order chi connectivity index (χ1) is 17.7. The zero-order valence-corrected chi connectivity index (χ0v) is 20.8. The average molecular weight is 489 g/mol. The number of anilines is 1. The molecule has 36 heavy (non-hydrogen) atoms. The molecule has 0 aliphatic rings. The quantitative estimate of drug-likeness (QED) is 0.218. The van der Waals surface area contributed by atoms with Gasteiger partial charge in [0.1, 0.15) is 0 Å². The molecule has 0 spiro atoms. The van der Waals surface area contributed by atoms with E-state index in [-0.39, 0.29) is 12.1 Å². The third kappa shape index (κ3) is 5.33. The zero-order chi connectivity index (χ0) is 24.6. The molecule has 0 heterocycles. The Morgan fingerprint density at radius 2 is 0.806 bits per heavy atom. The van der Waals surface area contributed by atoms with Gasteiger partial charge in [0.2, 0.25) is 7.29 Å². The molecule has 0 saturated heterocycles. The molecule has 0 amide bonds. The minimum atomic E-state index is -3.21. The molecule has 0 aliphatic heterocycles. The summed E-state index contributed by atoms with van der Waals surface area (Å²) in [4.78, 5) is 0. The second kappa shape index (κ2) is 11.2. The Balaban J connectivity index is 1.66. The fraction of sp³-hybridized carbons (Fsp3) is 0.0625. The topological polar surface area (TPSA) is 41.1 Å². The van der Waals surface area contributed by atoms with Crippen LogP contribution in [0.1, 0.15) is 23.2 Å². The van der Waals surface area contributed by atoms with Crippen LogP contribution < -0.4 is 21.0 Å². The van der Waals surface area contributed by atoms with Crippen molar-refractivity contribution in [3.63, 3.8) is 0 Å². The molecule has 0 radical (unpaired) electrons. The Bertz CT molecular complexity index is 1350. The lowest BCUT2D eigenvalue weighted by atomic mass is 9.94. The highest BCUT2D eigenvalue weighted by Crippen LogP contribution is 2.45. The first kappa shape index (κ1) is 23.8. The number of benzene rings is 5. The van der Waals surface area contributed by atoms with Gasteiger partial charge in [-0.3, -0.25) is 9.65 Å². The van der Waals surface area contributed by atoms with Crippen LogP contribution in [0, 0.1) is 0 Å². The third-order valence-corrected chi connectivity index (χ3v) is 9.00. The molecule has 2 N–H and O–H groups in total. The number of nitrogens with one attached hydrogen (secondary N) is 2. The van der Waals surface area contributed by atoms with Crippen LogP contribution in [0.3, 0.4) is 0 Å². The summed E-state index contributed by atoms with van der Waals surface area (Å²) < 4.78 is 15.0. The average Bonchev–Trinajstić information content (AvgIpc) is 2.97. The van der Waals surface area contributed by atoms with Gasteiger partial charge in [-0.2, -0.15) is 0 Å². The Morgan fingerprint density at radius 1 is 0.444 bits per heavy atom. The van der Waals surface area contributed by atoms with E-state index < -0.39 is 7.29 Å². The number of hydrogen-bond acceptors (Lipinski definition) is 2. The summed E-state index contributed by atoms with van der Waals surface area (Å²) in [5.74, 6) is 0. The van der Waals surface area contributed by atoms with Crippen LogP contribution >= 0.6 is 7.29 Å². The Kier molecular flexibility index (Phi) is 7.42. The first-order valence-corrected chi connectivity index (χ1v) is 13.9. The van der Waals surface area contributed by atoms with Crippen molar-refractivity contribution >= 4 is 23.6 Å². The zero-order valence-electron chi connectivity index (χ0n) is 19.9.